The summed E-state index contributed by atoms with van der Waals surface area (Å²) in [5, 5.41) is 0.705. The summed E-state index contributed by atoms with van der Waals surface area (Å²) >= 11 is 6.44. The van der Waals surface area contributed by atoms with E-state index in [2.05, 4.69) is 16.5 Å². The second-order valence-corrected chi connectivity index (χ2v) is 8.31. The van der Waals surface area contributed by atoms with Crippen molar-refractivity contribution in [1.29, 1.82) is 0 Å². The van der Waals surface area contributed by atoms with Gasteiger partial charge in [-0.05, 0) is 41.8 Å². The van der Waals surface area contributed by atoms with Crippen LogP contribution in [0.5, 0.6) is 11.5 Å². The summed E-state index contributed by atoms with van der Waals surface area (Å²) in [6, 6.07) is 13.5. The van der Waals surface area contributed by atoms with E-state index in [1.54, 1.807) is 0 Å². The Morgan fingerprint density at radius 1 is 1.21 bits per heavy atom. The predicted molar refractivity (Wildman–Crippen MR) is 128 cm³/mol. The molecule has 0 fully saturated rings. The molecule has 0 amide bonds. The lowest BCUT2D eigenvalue weighted by Gasteiger charge is -2.13. The summed E-state index contributed by atoms with van der Waals surface area (Å²) in [5.41, 5.74) is 3.29. The van der Waals surface area contributed by atoms with Gasteiger partial charge in [0.2, 0.25) is 6.79 Å². The van der Waals surface area contributed by atoms with Gasteiger partial charge < -0.3 is 18.8 Å². The van der Waals surface area contributed by atoms with Crippen LogP contribution in [0.4, 0.5) is 0 Å². The molecule has 0 radical (unpaired) electrons. The topological polar surface area (TPSA) is 62.6 Å². The number of nitrogens with zero attached hydrogens (tertiary/aromatic N) is 2. The summed E-state index contributed by atoms with van der Waals surface area (Å²) in [4.78, 5) is 17.3. The molecule has 0 bridgehead atoms. The van der Waals surface area contributed by atoms with Crippen molar-refractivity contribution in [2.45, 2.75) is 39.2 Å². The number of aromatic nitrogens is 2. The molecule has 6 nitrogen and oxygen atoms in total. The lowest BCUT2D eigenvalue weighted by Crippen LogP contribution is -2.11. The molecule has 3 aromatic rings. The van der Waals surface area contributed by atoms with Crippen molar-refractivity contribution >= 4 is 23.6 Å². The largest absolute Gasteiger partial charge is 0.466 e. The number of halogens is 1. The van der Waals surface area contributed by atoms with Crippen molar-refractivity contribution in [3.63, 3.8) is 0 Å². The number of methoxy groups -OCH3 is 1. The maximum Gasteiger partial charge on any atom is 0.334 e. The molecule has 0 atom stereocenters. The Labute approximate surface area is 198 Å². The molecule has 172 valence electrons. The van der Waals surface area contributed by atoms with Crippen molar-refractivity contribution in [2.24, 2.45) is 0 Å². The van der Waals surface area contributed by atoms with Gasteiger partial charge in [-0.2, -0.15) is 0 Å². The number of aryl methyl sites for hydroxylation is 1. The van der Waals surface area contributed by atoms with Crippen molar-refractivity contribution in [3.05, 3.63) is 81.9 Å². The zero-order valence-electron chi connectivity index (χ0n) is 18.8. The zero-order chi connectivity index (χ0) is 23.2. The molecular formula is C26H27ClN2O4. The number of unbranched alkanes of at least 4 members (excludes halogenated alkanes) is 1. The molecule has 0 aliphatic carbocycles. The van der Waals surface area contributed by atoms with Gasteiger partial charge in [-0.15, -0.1) is 0 Å². The SMILES string of the molecule is CCCCc1ncc(C=C(Cc2ccc3c(c2)OCO3)C(=O)OC)n1Cc1ccccc1Cl. The van der Waals surface area contributed by atoms with Crippen LogP contribution in [0.2, 0.25) is 5.02 Å². The predicted octanol–water partition coefficient (Wildman–Crippen LogP) is 5.46. The smallest absolute Gasteiger partial charge is 0.334 e. The van der Waals surface area contributed by atoms with E-state index >= 15 is 0 Å². The number of hydrogen-bond donors (Lipinski definition) is 0. The quantitative estimate of drug-likeness (QED) is 0.309. The summed E-state index contributed by atoms with van der Waals surface area (Å²) in [5.74, 6) is 1.98. The number of hydrogen-bond acceptors (Lipinski definition) is 5. The minimum absolute atomic E-state index is 0.209. The molecule has 0 saturated heterocycles. The lowest BCUT2D eigenvalue weighted by molar-refractivity contribution is -0.136. The van der Waals surface area contributed by atoms with Gasteiger partial charge in [0.05, 0.1) is 25.5 Å². The standard InChI is InChI=1S/C26H27ClN2O4/c1-3-4-9-25-28-15-21(29(25)16-19-7-5-6-8-22(19)27)14-20(26(30)31-2)12-18-10-11-23-24(13-18)33-17-32-23/h5-8,10-11,13-15H,3-4,9,12,16-17H2,1-2H3. The molecule has 0 unspecified atom stereocenters. The van der Waals surface area contributed by atoms with Gasteiger partial charge in [0.15, 0.2) is 11.5 Å². The van der Waals surface area contributed by atoms with E-state index < -0.39 is 0 Å². The molecular weight excluding hydrogens is 440 g/mol. The number of esters is 1. The Hall–Kier alpha value is -3.25. The minimum Gasteiger partial charge on any atom is -0.466 e. The highest BCUT2D eigenvalue weighted by molar-refractivity contribution is 6.31. The first-order valence-electron chi connectivity index (χ1n) is 11.0. The molecule has 7 heteroatoms. The number of rotatable bonds is 9. The number of imidazole rings is 1. The molecule has 0 N–H and O–H groups in total. The average molecular weight is 467 g/mol. The van der Waals surface area contributed by atoms with E-state index in [-0.39, 0.29) is 12.8 Å². The fraction of sp³-hybridized carbons (Fsp3) is 0.308. The third-order valence-electron chi connectivity index (χ3n) is 5.61. The van der Waals surface area contributed by atoms with Gasteiger partial charge >= 0.3 is 5.97 Å². The molecule has 2 heterocycles. The van der Waals surface area contributed by atoms with E-state index in [4.69, 9.17) is 25.8 Å². The lowest BCUT2D eigenvalue weighted by atomic mass is 10.0. The van der Waals surface area contributed by atoms with Gasteiger partial charge in [-0.3, -0.25) is 0 Å². The number of ether oxygens (including phenoxy) is 3. The molecule has 0 saturated carbocycles. The summed E-state index contributed by atoms with van der Waals surface area (Å²) in [6.07, 6.45) is 7.01. The van der Waals surface area contributed by atoms with Crippen LogP contribution in [0.25, 0.3) is 6.08 Å². The summed E-state index contributed by atoms with van der Waals surface area (Å²) < 4.78 is 18.1. The van der Waals surface area contributed by atoms with E-state index in [9.17, 15) is 4.79 Å². The Bertz CT molecular complexity index is 1170. The second kappa shape index (κ2) is 10.6. The maximum atomic E-state index is 12.7. The van der Waals surface area contributed by atoms with Crippen LogP contribution in [-0.4, -0.2) is 29.4 Å². The Kier molecular flexibility index (Phi) is 7.35. The fourth-order valence-electron chi connectivity index (χ4n) is 3.82. The fourth-order valence-corrected chi connectivity index (χ4v) is 4.02. The van der Waals surface area contributed by atoms with Gasteiger partial charge in [0, 0.05) is 23.4 Å². The van der Waals surface area contributed by atoms with Gasteiger partial charge in [-0.1, -0.05) is 49.2 Å². The van der Waals surface area contributed by atoms with E-state index in [0.717, 1.165) is 41.9 Å². The molecule has 1 aromatic heterocycles. The van der Waals surface area contributed by atoms with Crippen LogP contribution in [-0.2, 0) is 28.9 Å². The van der Waals surface area contributed by atoms with E-state index in [1.807, 2.05) is 54.7 Å². The third kappa shape index (κ3) is 5.40. The van der Waals surface area contributed by atoms with Crippen molar-refractivity contribution in [2.75, 3.05) is 13.9 Å². The Morgan fingerprint density at radius 2 is 2.03 bits per heavy atom. The molecule has 4 rings (SSSR count). The van der Waals surface area contributed by atoms with Crippen LogP contribution >= 0.6 is 11.6 Å². The van der Waals surface area contributed by atoms with Crippen LogP contribution in [0, 0.1) is 0 Å². The molecule has 33 heavy (non-hydrogen) atoms. The van der Waals surface area contributed by atoms with Crippen LogP contribution in [0.3, 0.4) is 0 Å². The minimum atomic E-state index is -0.381. The number of carbonyl (C=O) groups excluding carboxylic acids is 1. The second-order valence-electron chi connectivity index (χ2n) is 7.91. The number of benzene rings is 2. The van der Waals surface area contributed by atoms with Crippen LogP contribution in [0.1, 0.15) is 42.4 Å². The van der Waals surface area contributed by atoms with Crippen LogP contribution < -0.4 is 9.47 Å². The first-order chi connectivity index (χ1) is 16.1. The molecule has 1 aliphatic rings. The Balaban J connectivity index is 1.69. The van der Waals surface area contributed by atoms with Gasteiger partial charge in [-0.25, -0.2) is 9.78 Å². The molecule has 1 aliphatic heterocycles. The molecule has 2 aromatic carbocycles. The Morgan fingerprint density at radius 3 is 2.82 bits per heavy atom. The third-order valence-corrected chi connectivity index (χ3v) is 5.98. The number of carbonyl (C=O) groups is 1. The zero-order valence-corrected chi connectivity index (χ0v) is 19.6. The maximum absolute atomic E-state index is 12.7. The summed E-state index contributed by atoms with van der Waals surface area (Å²) in [7, 11) is 1.39. The van der Waals surface area contributed by atoms with Gasteiger partial charge in [0.25, 0.3) is 0 Å². The van der Waals surface area contributed by atoms with Crippen molar-refractivity contribution in [1.82, 2.24) is 9.55 Å². The highest BCUT2D eigenvalue weighted by Crippen LogP contribution is 2.33. The number of fused-ring (bicyclic) bond motifs is 1. The first-order valence-corrected chi connectivity index (χ1v) is 11.4. The van der Waals surface area contributed by atoms with E-state index in [1.165, 1.54) is 7.11 Å². The van der Waals surface area contributed by atoms with Crippen molar-refractivity contribution < 1.29 is 19.0 Å². The monoisotopic (exact) mass is 466 g/mol. The van der Waals surface area contributed by atoms with Crippen LogP contribution in [0.15, 0.2) is 54.2 Å². The van der Waals surface area contributed by atoms with Crippen molar-refractivity contribution in [3.8, 4) is 11.5 Å². The average Bonchev–Trinajstić information content (AvgIpc) is 3.44. The molecule has 0 spiro atoms. The summed E-state index contributed by atoms with van der Waals surface area (Å²) in [6.45, 7) is 2.94. The van der Waals surface area contributed by atoms with E-state index in [0.29, 0.717) is 35.1 Å². The normalized spacial score (nSPS) is 12.8. The van der Waals surface area contributed by atoms with Gasteiger partial charge in [0.1, 0.15) is 5.82 Å². The highest BCUT2D eigenvalue weighted by atomic mass is 35.5. The highest BCUT2D eigenvalue weighted by Gasteiger charge is 2.18. The first kappa shape index (κ1) is 22.9.